The number of pyridine rings is 2. The van der Waals surface area contributed by atoms with Gasteiger partial charge < -0.3 is 14.2 Å². The molecule has 1 saturated heterocycles. The molecule has 3 atom stereocenters. The van der Waals surface area contributed by atoms with E-state index in [9.17, 15) is 14.4 Å². The van der Waals surface area contributed by atoms with Gasteiger partial charge in [-0.15, -0.1) is 0 Å². The van der Waals surface area contributed by atoms with Crippen molar-refractivity contribution >= 4 is 28.3 Å². The second-order valence-corrected chi connectivity index (χ2v) is 9.60. The lowest BCUT2D eigenvalue weighted by Gasteiger charge is -2.51. The van der Waals surface area contributed by atoms with Crippen molar-refractivity contribution in [3.63, 3.8) is 0 Å². The van der Waals surface area contributed by atoms with E-state index in [4.69, 9.17) is 16.3 Å². The molecule has 4 heterocycles. The number of hydrogen-bond donors (Lipinski definition) is 0. The number of aromatic nitrogens is 2. The molecule has 2 aromatic heterocycles. The van der Waals surface area contributed by atoms with Crippen molar-refractivity contribution in [2.75, 3.05) is 24.6 Å². The molecule has 0 radical (unpaired) electrons. The van der Waals surface area contributed by atoms with Crippen LogP contribution in [0, 0.1) is 17.1 Å². The number of anilines is 1. The lowest BCUT2D eigenvalue weighted by atomic mass is 9.94. The number of hydrogen-bond acceptors (Lipinski definition) is 6. The number of rotatable bonds is 4. The maximum absolute atomic E-state index is 13.8. The van der Waals surface area contributed by atoms with Gasteiger partial charge in [-0.25, -0.2) is 9.37 Å². The highest BCUT2D eigenvalue weighted by Gasteiger charge is 2.42. The van der Waals surface area contributed by atoms with Crippen LogP contribution in [0.5, 0.6) is 5.75 Å². The van der Waals surface area contributed by atoms with Gasteiger partial charge >= 0.3 is 0 Å². The summed E-state index contributed by atoms with van der Waals surface area (Å²) in [6, 6.07) is 10.7. The fraction of sp³-hybridized carbons (Fsp3) is 0.423. The summed E-state index contributed by atoms with van der Waals surface area (Å²) in [4.78, 5) is 22.4. The minimum absolute atomic E-state index is 0.00174. The van der Waals surface area contributed by atoms with Gasteiger partial charge in [-0.2, -0.15) is 5.26 Å². The molecule has 35 heavy (non-hydrogen) atoms. The summed E-state index contributed by atoms with van der Waals surface area (Å²) in [5, 5.41) is 9.57. The first kappa shape index (κ1) is 23.6. The molecule has 2 aliphatic heterocycles. The maximum Gasteiger partial charge on any atom is 0.295 e. The van der Waals surface area contributed by atoms with E-state index in [0.29, 0.717) is 47.9 Å². The minimum atomic E-state index is -0.419. The monoisotopic (exact) mass is 495 g/mol. The summed E-state index contributed by atoms with van der Waals surface area (Å²) >= 11 is 6.12. The number of halogens is 2. The standard InChI is InChI=1S/C26H27ClFN5O2/c1-4-17-12-33-18(13-32(17)21(5-2)15-6-8-20(28)19(27)10-15)14-35-25-24(33)23-22(31(3)26(25)34)9-7-16(11-29)30-23/h6-10,17-18,21H,4-5,12-14H2,1-3H3/t17-,18+,21+/m1/s1. The normalized spacial score (nSPS) is 20.6. The summed E-state index contributed by atoms with van der Waals surface area (Å²) in [6.45, 7) is 6.04. The second-order valence-electron chi connectivity index (χ2n) is 9.19. The van der Waals surface area contributed by atoms with Crippen LogP contribution in [-0.2, 0) is 7.05 Å². The van der Waals surface area contributed by atoms with E-state index in [-0.39, 0.29) is 28.7 Å². The van der Waals surface area contributed by atoms with Crippen molar-refractivity contribution in [1.82, 2.24) is 14.5 Å². The highest BCUT2D eigenvalue weighted by molar-refractivity contribution is 6.30. The van der Waals surface area contributed by atoms with Gasteiger partial charge in [0.05, 0.1) is 16.6 Å². The Balaban J connectivity index is 1.58. The molecule has 9 heteroatoms. The Morgan fingerprint density at radius 2 is 2.09 bits per heavy atom. The summed E-state index contributed by atoms with van der Waals surface area (Å²) in [7, 11) is 1.70. The van der Waals surface area contributed by atoms with E-state index in [1.807, 2.05) is 6.07 Å². The lowest BCUT2D eigenvalue weighted by Crippen LogP contribution is -2.62. The first-order valence-corrected chi connectivity index (χ1v) is 12.3. The van der Waals surface area contributed by atoms with Gasteiger partial charge in [-0.05, 0) is 42.7 Å². The summed E-state index contributed by atoms with van der Waals surface area (Å²) in [6.07, 6.45) is 1.74. The van der Waals surface area contributed by atoms with Crippen LogP contribution in [-0.4, -0.2) is 46.2 Å². The summed E-state index contributed by atoms with van der Waals surface area (Å²) in [5.41, 5.74) is 3.02. The zero-order chi connectivity index (χ0) is 24.9. The fourth-order valence-electron chi connectivity index (χ4n) is 5.52. The van der Waals surface area contributed by atoms with Crippen molar-refractivity contribution in [1.29, 1.82) is 5.26 Å². The van der Waals surface area contributed by atoms with Crippen LogP contribution >= 0.6 is 11.6 Å². The quantitative estimate of drug-likeness (QED) is 0.533. The Bertz CT molecular complexity index is 1400. The highest BCUT2D eigenvalue weighted by Crippen LogP contribution is 2.41. The second kappa shape index (κ2) is 9.14. The predicted octanol–water partition coefficient (Wildman–Crippen LogP) is 4.41. The van der Waals surface area contributed by atoms with Gasteiger partial charge in [-0.1, -0.05) is 31.5 Å². The molecule has 0 aliphatic carbocycles. The topological polar surface area (TPSA) is 74.4 Å². The van der Waals surface area contributed by atoms with E-state index in [1.54, 1.807) is 25.2 Å². The highest BCUT2D eigenvalue weighted by atomic mass is 35.5. The third-order valence-electron chi connectivity index (χ3n) is 7.32. The van der Waals surface area contributed by atoms with Gasteiger partial charge in [0, 0.05) is 32.2 Å². The van der Waals surface area contributed by atoms with Crippen molar-refractivity contribution in [2.24, 2.45) is 7.05 Å². The fourth-order valence-corrected chi connectivity index (χ4v) is 5.71. The molecule has 1 fully saturated rings. The molecular weight excluding hydrogens is 469 g/mol. The van der Waals surface area contributed by atoms with Crippen molar-refractivity contribution in [3.05, 3.63) is 62.8 Å². The Kier molecular flexibility index (Phi) is 6.16. The van der Waals surface area contributed by atoms with Crippen LogP contribution in [0.1, 0.15) is 44.0 Å². The SMILES string of the molecule is CC[C@@H]1CN2c3c(c(=O)n(C)c4ccc(C#N)nc34)OC[C@@H]2CN1[C@@H](CC)c1ccc(F)c(Cl)c1. The van der Waals surface area contributed by atoms with E-state index in [0.717, 1.165) is 18.4 Å². The van der Waals surface area contributed by atoms with Gasteiger partial charge in [-0.3, -0.25) is 9.69 Å². The molecule has 182 valence electrons. The van der Waals surface area contributed by atoms with Crippen LogP contribution in [0.3, 0.4) is 0 Å². The minimum Gasteiger partial charge on any atom is -0.484 e. The van der Waals surface area contributed by atoms with Crippen LogP contribution in [0.2, 0.25) is 5.02 Å². The van der Waals surface area contributed by atoms with Gasteiger partial charge in [0.1, 0.15) is 35.4 Å². The van der Waals surface area contributed by atoms with Crippen LogP contribution in [0.15, 0.2) is 35.1 Å². The number of nitriles is 1. The number of aryl methyl sites for hydroxylation is 1. The molecule has 3 aromatic rings. The van der Waals surface area contributed by atoms with Crippen LogP contribution in [0.25, 0.3) is 11.0 Å². The predicted molar refractivity (Wildman–Crippen MR) is 134 cm³/mol. The van der Waals surface area contributed by atoms with E-state index >= 15 is 0 Å². The van der Waals surface area contributed by atoms with Crippen molar-refractivity contribution in [2.45, 2.75) is 44.8 Å². The smallest absolute Gasteiger partial charge is 0.295 e. The number of ether oxygens (including phenoxy) is 1. The Hall–Kier alpha value is -3.15. The van der Waals surface area contributed by atoms with Crippen LogP contribution in [0.4, 0.5) is 10.1 Å². The van der Waals surface area contributed by atoms with Crippen molar-refractivity contribution in [3.8, 4) is 11.8 Å². The zero-order valence-electron chi connectivity index (χ0n) is 20.0. The third kappa shape index (κ3) is 3.83. The lowest BCUT2D eigenvalue weighted by molar-refractivity contribution is 0.0720. The number of fused-ring (bicyclic) bond motifs is 5. The molecular formula is C26H27ClFN5O2. The number of nitrogens with zero attached hydrogens (tertiary/aromatic N) is 5. The molecule has 0 saturated carbocycles. The molecule has 0 spiro atoms. The Morgan fingerprint density at radius 3 is 2.77 bits per heavy atom. The summed E-state index contributed by atoms with van der Waals surface area (Å²) < 4.78 is 21.4. The molecule has 1 aromatic carbocycles. The molecule has 0 amide bonds. The Labute approximate surface area is 208 Å². The molecule has 5 rings (SSSR count). The van der Waals surface area contributed by atoms with Crippen LogP contribution < -0.4 is 15.2 Å². The van der Waals surface area contributed by atoms with Crippen molar-refractivity contribution < 1.29 is 9.13 Å². The molecule has 7 nitrogen and oxygen atoms in total. The Morgan fingerprint density at radius 1 is 1.29 bits per heavy atom. The third-order valence-corrected chi connectivity index (χ3v) is 7.61. The largest absolute Gasteiger partial charge is 0.484 e. The number of benzene rings is 1. The first-order valence-electron chi connectivity index (χ1n) is 11.9. The maximum atomic E-state index is 13.8. The summed E-state index contributed by atoms with van der Waals surface area (Å²) in [5.74, 6) is -0.128. The van der Waals surface area contributed by atoms with E-state index in [1.165, 1.54) is 10.6 Å². The van der Waals surface area contributed by atoms with E-state index < -0.39 is 5.82 Å². The molecule has 0 N–H and O–H groups in total. The molecule has 0 unspecified atom stereocenters. The average molecular weight is 496 g/mol. The van der Waals surface area contributed by atoms with E-state index in [2.05, 4.69) is 34.7 Å². The average Bonchev–Trinajstić information content (AvgIpc) is 2.88. The molecule has 0 bridgehead atoms. The molecule has 2 aliphatic rings. The first-order chi connectivity index (χ1) is 16.9. The van der Waals surface area contributed by atoms with Gasteiger partial charge in [0.25, 0.3) is 5.56 Å². The zero-order valence-corrected chi connectivity index (χ0v) is 20.7. The van der Waals surface area contributed by atoms with Gasteiger partial charge in [0.2, 0.25) is 5.75 Å². The van der Waals surface area contributed by atoms with Gasteiger partial charge in [0.15, 0.2) is 0 Å². The number of piperazine rings is 1.